The van der Waals surface area contributed by atoms with Crippen LogP contribution in [0.25, 0.3) is 0 Å². The molecule has 3 rings (SSSR count). The highest BCUT2D eigenvalue weighted by molar-refractivity contribution is 6.73. The lowest BCUT2D eigenvalue weighted by Crippen LogP contribution is -2.53. The highest BCUT2D eigenvalue weighted by atomic mass is 28.4. The summed E-state index contributed by atoms with van der Waals surface area (Å²) >= 11 is 0. The molecule has 2 bridgehead atoms. The summed E-state index contributed by atoms with van der Waals surface area (Å²) < 4.78 is 13.8. The van der Waals surface area contributed by atoms with E-state index in [-0.39, 0.29) is 16.9 Å². The van der Waals surface area contributed by atoms with Crippen molar-refractivity contribution in [2.24, 2.45) is 11.3 Å². The summed E-state index contributed by atoms with van der Waals surface area (Å²) in [6.45, 7) is 18.1. The molecule has 0 radical (unpaired) electrons. The summed E-state index contributed by atoms with van der Waals surface area (Å²) in [6.07, 6.45) is 4.78. The van der Waals surface area contributed by atoms with E-state index in [0.29, 0.717) is 6.42 Å². The molecule has 1 aliphatic carbocycles. The van der Waals surface area contributed by atoms with Gasteiger partial charge in [0.15, 0.2) is 8.32 Å². The second kappa shape index (κ2) is 6.17. The Labute approximate surface area is 161 Å². The molecule has 0 amide bonds. The fraction of sp³-hybridized carbons (Fsp3) is 0.909. The van der Waals surface area contributed by atoms with Crippen molar-refractivity contribution in [3.8, 4) is 0 Å². The zero-order chi connectivity index (χ0) is 19.6. The predicted octanol–water partition coefficient (Wildman–Crippen LogP) is 5.44. The predicted molar refractivity (Wildman–Crippen MR) is 110 cm³/mol. The minimum Gasteiger partial charge on any atom is -0.408 e. The summed E-state index contributed by atoms with van der Waals surface area (Å²) in [5.41, 5.74) is 0.307. The van der Waals surface area contributed by atoms with Gasteiger partial charge in [-0.1, -0.05) is 41.5 Å². The van der Waals surface area contributed by atoms with Crippen LogP contribution in [0, 0.1) is 11.3 Å². The van der Waals surface area contributed by atoms with E-state index in [1.54, 1.807) is 0 Å². The molecule has 1 saturated carbocycles. The van der Waals surface area contributed by atoms with Gasteiger partial charge in [-0.3, -0.25) is 0 Å². The quantitative estimate of drug-likeness (QED) is 0.510. The largest absolute Gasteiger partial charge is 0.408 e. The second-order valence-electron chi connectivity index (χ2n) is 10.4. The van der Waals surface area contributed by atoms with E-state index in [1.165, 1.54) is 23.7 Å². The van der Waals surface area contributed by atoms with Gasteiger partial charge in [-0.25, -0.2) is 0 Å². The number of aliphatic hydroxyl groups is 1. The van der Waals surface area contributed by atoms with Crippen molar-refractivity contribution in [1.29, 1.82) is 0 Å². The standard InChI is InChI=1S/C22H40O3Si/c1-9-26(10-2,11-3)25-20(7)13-12-16-17(20)14-22(19(4,5)6)15-18(23)21(16,8)24-22/h14,16,18,23H,9-13,15H2,1-8H3/t16-,18-,20+,21+,22+/m1/s1. The summed E-state index contributed by atoms with van der Waals surface area (Å²) in [7, 11) is -1.71. The summed E-state index contributed by atoms with van der Waals surface area (Å²) in [4.78, 5) is 0. The van der Waals surface area contributed by atoms with Crippen LogP contribution in [0.15, 0.2) is 11.6 Å². The monoisotopic (exact) mass is 380 g/mol. The smallest absolute Gasteiger partial charge is 0.193 e. The van der Waals surface area contributed by atoms with Crippen molar-refractivity contribution >= 4 is 8.32 Å². The molecule has 2 fully saturated rings. The lowest BCUT2D eigenvalue weighted by atomic mass is 9.72. The Bertz CT molecular complexity index is 582. The maximum Gasteiger partial charge on any atom is 0.193 e. The lowest BCUT2D eigenvalue weighted by molar-refractivity contribution is -0.163. The third-order valence-electron chi connectivity index (χ3n) is 8.18. The van der Waals surface area contributed by atoms with E-state index in [1.807, 2.05) is 0 Å². The van der Waals surface area contributed by atoms with Crippen LogP contribution < -0.4 is 0 Å². The van der Waals surface area contributed by atoms with E-state index in [2.05, 4.69) is 61.5 Å². The maximum atomic E-state index is 11.0. The van der Waals surface area contributed by atoms with Gasteiger partial charge < -0.3 is 14.3 Å². The molecule has 3 nitrogen and oxygen atoms in total. The molecular weight excluding hydrogens is 340 g/mol. The maximum absolute atomic E-state index is 11.0. The number of hydrogen-bond donors (Lipinski definition) is 1. The van der Waals surface area contributed by atoms with Gasteiger partial charge in [0.2, 0.25) is 0 Å². The number of hydrogen-bond acceptors (Lipinski definition) is 3. The van der Waals surface area contributed by atoms with E-state index >= 15 is 0 Å². The van der Waals surface area contributed by atoms with Crippen LogP contribution in [0.5, 0.6) is 0 Å². The summed E-state index contributed by atoms with van der Waals surface area (Å²) in [6, 6.07) is 3.52. The molecule has 2 heterocycles. The van der Waals surface area contributed by atoms with Crippen LogP contribution in [0.3, 0.4) is 0 Å². The molecule has 26 heavy (non-hydrogen) atoms. The first-order valence-corrected chi connectivity index (χ1v) is 13.3. The zero-order valence-electron chi connectivity index (χ0n) is 18.2. The molecule has 1 N–H and O–H groups in total. The number of ether oxygens (including phenoxy) is 1. The molecule has 2 aliphatic heterocycles. The molecule has 0 unspecified atom stereocenters. The van der Waals surface area contributed by atoms with Gasteiger partial charge in [0.05, 0.1) is 22.9 Å². The average molecular weight is 381 g/mol. The fourth-order valence-corrected chi connectivity index (χ4v) is 8.91. The van der Waals surface area contributed by atoms with Gasteiger partial charge in [0.1, 0.15) is 0 Å². The number of aliphatic hydroxyl groups excluding tert-OH is 1. The Kier molecular flexibility index (Phi) is 4.88. The van der Waals surface area contributed by atoms with Crippen molar-refractivity contribution in [1.82, 2.24) is 0 Å². The molecule has 0 aromatic carbocycles. The first-order valence-electron chi connectivity index (χ1n) is 10.7. The van der Waals surface area contributed by atoms with Gasteiger partial charge >= 0.3 is 0 Å². The highest BCUT2D eigenvalue weighted by Gasteiger charge is 2.66. The molecule has 4 heteroatoms. The third-order valence-corrected chi connectivity index (χ3v) is 12.9. The number of fused-ring (bicyclic) bond motifs is 4. The fourth-order valence-electron chi connectivity index (χ4n) is 5.80. The first-order chi connectivity index (χ1) is 11.9. The van der Waals surface area contributed by atoms with Gasteiger partial charge in [-0.2, -0.15) is 0 Å². The minimum absolute atomic E-state index is 0.0536. The Balaban J connectivity index is 2.07. The zero-order valence-corrected chi connectivity index (χ0v) is 19.2. The first kappa shape index (κ1) is 20.6. The van der Waals surface area contributed by atoms with Crippen LogP contribution in [0.1, 0.15) is 74.7 Å². The topological polar surface area (TPSA) is 38.7 Å². The van der Waals surface area contributed by atoms with E-state index in [9.17, 15) is 5.11 Å². The summed E-state index contributed by atoms with van der Waals surface area (Å²) in [5, 5.41) is 11.0. The Morgan fingerprint density at radius 3 is 2.27 bits per heavy atom. The molecular formula is C22H40O3Si. The van der Waals surface area contributed by atoms with Gasteiger partial charge in [0.25, 0.3) is 0 Å². The van der Waals surface area contributed by atoms with Gasteiger partial charge in [0, 0.05) is 12.3 Å². The van der Waals surface area contributed by atoms with E-state index < -0.39 is 25.6 Å². The van der Waals surface area contributed by atoms with Crippen LogP contribution in [-0.4, -0.2) is 36.3 Å². The molecule has 0 aromatic heterocycles. The van der Waals surface area contributed by atoms with Crippen molar-refractivity contribution < 1.29 is 14.3 Å². The van der Waals surface area contributed by atoms with Crippen molar-refractivity contribution in [2.45, 2.75) is 116 Å². The van der Waals surface area contributed by atoms with Crippen LogP contribution in [0.2, 0.25) is 18.1 Å². The second-order valence-corrected chi connectivity index (χ2v) is 15.1. The number of rotatable bonds is 5. The molecule has 5 atom stereocenters. The van der Waals surface area contributed by atoms with Crippen molar-refractivity contribution in [3.05, 3.63) is 11.6 Å². The average Bonchev–Trinajstić information content (AvgIpc) is 3.00. The van der Waals surface area contributed by atoms with Gasteiger partial charge in [-0.15, -0.1) is 0 Å². The Hall–Kier alpha value is -0.163. The van der Waals surface area contributed by atoms with Crippen LogP contribution in [-0.2, 0) is 9.16 Å². The SMILES string of the molecule is CC[Si](CC)(CC)O[C@@]1(C)CC[C@@H]2C1=C[C@@]1(C(C)(C)C)C[C@@H](O)[C@@]2(C)O1. The van der Waals surface area contributed by atoms with E-state index in [4.69, 9.17) is 9.16 Å². The Morgan fingerprint density at radius 2 is 1.77 bits per heavy atom. The summed E-state index contributed by atoms with van der Waals surface area (Å²) in [5.74, 6) is 0.276. The highest BCUT2D eigenvalue weighted by Crippen LogP contribution is 2.62. The normalized spacial score (nSPS) is 42.7. The molecule has 0 aromatic rings. The molecule has 150 valence electrons. The van der Waals surface area contributed by atoms with Crippen LogP contribution >= 0.6 is 0 Å². The van der Waals surface area contributed by atoms with Crippen molar-refractivity contribution in [2.75, 3.05) is 0 Å². The van der Waals surface area contributed by atoms with Crippen LogP contribution in [0.4, 0.5) is 0 Å². The minimum atomic E-state index is -1.71. The Morgan fingerprint density at radius 1 is 1.19 bits per heavy atom. The van der Waals surface area contributed by atoms with Gasteiger partial charge in [-0.05, 0) is 61.9 Å². The third kappa shape index (κ3) is 2.70. The molecule has 1 saturated heterocycles. The molecule has 3 aliphatic rings. The van der Waals surface area contributed by atoms with E-state index in [0.717, 1.165) is 12.8 Å². The lowest BCUT2D eigenvalue weighted by Gasteiger charge is -2.49. The molecule has 0 spiro atoms. The van der Waals surface area contributed by atoms with Crippen molar-refractivity contribution in [3.63, 3.8) is 0 Å².